The first-order valence-corrected chi connectivity index (χ1v) is 11.1. The molecular formula is C23H30ClN3O. The highest BCUT2D eigenvalue weighted by Gasteiger charge is 2.31. The molecule has 1 aromatic heterocycles. The SMILES string of the molecule is C[C@H]1[C@H](C)CCC[C@H]1NC(=O)c1nc(-c2ccc(Cl)cc2)n2c1CCCCC2. The van der Waals surface area contributed by atoms with Crippen LogP contribution in [0.2, 0.25) is 5.02 Å². The lowest BCUT2D eigenvalue weighted by Crippen LogP contribution is -2.44. The van der Waals surface area contributed by atoms with E-state index in [-0.39, 0.29) is 11.9 Å². The first kappa shape index (κ1) is 19.5. The van der Waals surface area contributed by atoms with Crippen molar-refractivity contribution in [2.75, 3.05) is 0 Å². The third-order valence-electron chi connectivity index (χ3n) is 6.71. The molecule has 0 spiro atoms. The van der Waals surface area contributed by atoms with Crippen LogP contribution in [-0.2, 0) is 13.0 Å². The normalized spacial score (nSPS) is 25.0. The minimum absolute atomic E-state index is 0.00295. The van der Waals surface area contributed by atoms with Gasteiger partial charge in [-0.3, -0.25) is 4.79 Å². The van der Waals surface area contributed by atoms with Crippen LogP contribution in [0.1, 0.15) is 68.6 Å². The lowest BCUT2D eigenvalue weighted by Gasteiger charge is -2.34. The molecule has 2 aliphatic rings. The van der Waals surface area contributed by atoms with Gasteiger partial charge >= 0.3 is 0 Å². The van der Waals surface area contributed by atoms with Gasteiger partial charge in [0.2, 0.25) is 0 Å². The maximum Gasteiger partial charge on any atom is 0.272 e. The highest BCUT2D eigenvalue weighted by atomic mass is 35.5. The molecule has 1 aliphatic carbocycles. The van der Waals surface area contributed by atoms with Gasteiger partial charge in [-0.25, -0.2) is 4.98 Å². The summed E-state index contributed by atoms with van der Waals surface area (Å²) < 4.78 is 2.26. The fourth-order valence-electron chi connectivity index (χ4n) is 4.74. The first-order chi connectivity index (χ1) is 13.5. The fraction of sp³-hybridized carbons (Fsp3) is 0.565. The van der Waals surface area contributed by atoms with Crippen LogP contribution in [-0.4, -0.2) is 21.5 Å². The Morgan fingerprint density at radius 3 is 2.68 bits per heavy atom. The summed E-state index contributed by atoms with van der Waals surface area (Å²) in [6, 6.07) is 8.02. The molecule has 0 unspecified atom stereocenters. The number of carbonyl (C=O) groups excluding carboxylic acids is 1. The molecular weight excluding hydrogens is 370 g/mol. The van der Waals surface area contributed by atoms with Crippen molar-refractivity contribution in [3.05, 3.63) is 40.7 Å². The highest BCUT2D eigenvalue weighted by Crippen LogP contribution is 2.31. The van der Waals surface area contributed by atoms with Crippen molar-refractivity contribution in [3.63, 3.8) is 0 Å². The van der Waals surface area contributed by atoms with Crippen molar-refractivity contribution in [2.24, 2.45) is 11.8 Å². The van der Waals surface area contributed by atoms with Crippen LogP contribution in [0.5, 0.6) is 0 Å². The maximum absolute atomic E-state index is 13.2. The van der Waals surface area contributed by atoms with Crippen LogP contribution in [0.25, 0.3) is 11.4 Å². The zero-order valence-electron chi connectivity index (χ0n) is 16.9. The predicted molar refractivity (Wildman–Crippen MR) is 114 cm³/mol. The van der Waals surface area contributed by atoms with Gasteiger partial charge in [0.05, 0.1) is 5.69 Å². The molecule has 1 aromatic carbocycles. The molecule has 28 heavy (non-hydrogen) atoms. The number of fused-ring (bicyclic) bond motifs is 1. The average Bonchev–Trinajstić information content (AvgIpc) is 2.88. The summed E-state index contributed by atoms with van der Waals surface area (Å²) in [7, 11) is 0. The lowest BCUT2D eigenvalue weighted by molar-refractivity contribution is 0.0885. The average molecular weight is 400 g/mol. The summed E-state index contributed by atoms with van der Waals surface area (Å²) in [5, 5.41) is 4.04. The first-order valence-electron chi connectivity index (χ1n) is 10.7. The van der Waals surface area contributed by atoms with E-state index in [4.69, 9.17) is 16.6 Å². The maximum atomic E-state index is 13.2. The van der Waals surface area contributed by atoms with Gasteiger partial charge in [0.1, 0.15) is 11.5 Å². The number of carbonyl (C=O) groups is 1. The van der Waals surface area contributed by atoms with E-state index in [0.29, 0.717) is 22.6 Å². The Kier molecular flexibility index (Phi) is 5.77. The number of nitrogens with zero attached hydrogens (tertiary/aromatic N) is 2. The summed E-state index contributed by atoms with van der Waals surface area (Å²) in [4.78, 5) is 18.1. The second kappa shape index (κ2) is 8.28. The van der Waals surface area contributed by atoms with Gasteiger partial charge in [-0.05, 0) is 61.8 Å². The molecule has 4 rings (SSSR count). The standard InChI is InChI=1S/C23H30ClN3O/c1-15-7-6-8-19(16(15)2)25-23(28)21-20-9-4-3-5-14-27(20)22(26-21)17-10-12-18(24)13-11-17/h10-13,15-16,19H,3-9,14H2,1-2H3,(H,25,28)/t15-,16+,19-/m1/s1. The second-order valence-corrected chi connectivity index (χ2v) is 8.98. The lowest BCUT2D eigenvalue weighted by atomic mass is 9.78. The molecule has 0 saturated heterocycles. The van der Waals surface area contributed by atoms with Crippen LogP contribution in [0.4, 0.5) is 0 Å². The number of benzene rings is 1. The Labute approximate surface area is 172 Å². The number of nitrogens with one attached hydrogen (secondary N) is 1. The van der Waals surface area contributed by atoms with Gasteiger partial charge in [-0.15, -0.1) is 0 Å². The summed E-state index contributed by atoms with van der Waals surface area (Å²) in [6.07, 6.45) is 7.87. The van der Waals surface area contributed by atoms with E-state index in [0.717, 1.165) is 49.3 Å². The molecule has 0 bridgehead atoms. The second-order valence-electron chi connectivity index (χ2n) is 8.55. The molecule has 150 valence electrons. The Balaban J connectivity index is 1.66. The van der Waals surface area contributed by atoms with Crippen molar-refractivity contribution >= 4 is 17.5 Å². The van der Waals surface area contributed by atoms with Crippen LogP contribution in [0, 0.1) is 11.8 Å². The van der Waals surface area contributed by atoms with E-state index in [1.54, 1.807) is 0 Å². The van der Waals surface area contributed by atoms with Gasteiger partial charge in [-0.2, -0.15) is 0 Å². The number of hydrogen-bond acceptors (Lipinski definition) is 2. The van der Waals surface area contributed by atoms with E-state index < -0.39 is 0 Å². The molecule has 1 saturated carbocycles. The summed E-state index contributed by atoms with van der Waals surface area (Å²) in [5.41, 5.74) is 2.74. The van der Waals surface area contributed by atoms with Gasteiger partial charge in [0.15, 0.2) is 0 Å². The third-order valence-corrected chi connectivity index (χ3v) is 6.96. The summed E-state index contributed by atoms with van der Waals surface area (Å²) in [5.74, 6) is 2.05. The number of hydrogen-bond donors (Lipinski definition) is 1. The highest BCUT2D eigenvalue weighted by molar-refractivity contribution is 6.30. The van der Waals surface area contributed by atoms with E-state index in [9.17, 15) is 4.79 Å². The van der Waals surface area contributed by atoms with Gasteiger partial charge in [0, 0.05) is 23.2 Å². The summed E-state index contributed by atoms with van der Waals surface area (Å²) in [6.45, 7) is 5.48. The van der Waals surface area contributed by atoms with Crippen molar-refractivity contribution < 1.29 is 4.79 Å². The third kappa shape index (κ3) is 3.84. The van der Waals surface area contributed by atoms with Gasteiger partial charge < -0.3 is 9.88 Å². The minimum atomic E-state index is -0.00295. The summed E-state index contributed by atoms with van der Waals surface area (Å²) >= 11 is 6.07. The van der Waals surface area contributed by atoms with Crippen LogP contribution >= 0.6 is 11.6 Å². The molecule has 1 amide bonds. The Bertz CT molecular complexity index is 842. The number of amides is 1. The van der Waals surface area contributed by atoms with E-state index in [2.05, 4.69) is 23.7 Å². The molecule has 2 aromatic rings. The van der Waals surface area contributed by atoms with Crippen LogP contribution in [0.3, 0.4) is 0 Å². The number of halogens is 1. The molecule has 1 N–H and O–H groups in total. The van der Waals surface area contributed by atoms with Crippen LogP contribution in [0.15, 0.2) is 24.3 Å². The number of imidazole rings is 1. The van der Waals surface area contributed by atoms with E-state index >= 15 is 0 Å². The van der Waals surface area contributed by atoms with Gasteiger partial charge in [0.25, 0.3) is 5.91 Å². The molecule has 0 radical (unpaired) electrons. The molecule has 1 aliphatic heterocycles. The number of aromatic nitrogens is 2. The molecule has 1 fully saturated rings. The Morgan fingerprint density at radius 1 is 1.11 bits per heavy atom. The van der Waals surface area contributed by atoms with E-state index in [1.807, 2.05) is 24.3 Å². The molecule has 4 nitrogen and oxygen atoms in total. The van der Waals surface area contributed by atoms with E-state index in [1.165, 1.54) is 19.3 Å². The van der Waals surface area contributed by atoms with Crippen molar-refractivity contribution in [1.82, 2.24) is 14.9 Å². The van der Waals surface area contributed by atoms with Gasteiger partial charge in [-0.1, -0.05) is 44.7 Å². The Morgan fingerprint density at radius 2 is 1.89 bits per heavy atom. The molecule has 3 atom stereocenters. The quantitative estimate of drug-likeness (QED) is 0.742. The fourth-order valence-corrected chi connectivity index (χ4v) is 4.87. The van der Waals surface area contributed by atoms with Crippen LogP contribution < -0.4 is 5.32 Å². The van der Waals surface area contributed by atoms with Crippen molar-refractivity contribution in [3.8, 4) is 11.4 Å². The predicted octanol–water partition coefficient (Wildman–Crippen LogP) is 5.48. The minimum Gasteiger partial charge on any atom is -0.348 e. The molecule has 2 heterocycles. The number of rotatable bonds is 3. The smallest absolute Gasteiger partial charge is 0.272 e. The largest absolute Gasteiger partial charge is 0.348 e. The zero-order valence-corrected chi connectivity index (χ0v) is 17.6. The Hall–Kier alpha value is -1.81. The zero-order chi connectivity index (χ0) is 19.7. The monoisotopic (exact) mass is 399 g/mol. The molecule has 5 heteroatoms. The van der Waals surface area contributed by atoms with Crippen molar-refractivity contribution in [1.29, 1.82) is 0 Å². The topological polar surface area (TPSA) is 46.9 Å². The van der Waals surface area contributed by atoms with Crippen molar-refractivity contribution in [2.45, 2.75) is 71.4 Å².